The Kier molecular flexibility index (Phi) is 7.53. The Morgan fingerprint density at radius 2 is 1.85 bits per heavy atom. The molecule has 0 radical (unpaired) electrons. The average molecular weight is 392 g/mol. The van der Waals surface area contributed by atoms with E-state index in [1.54, 1.807) is 42.5 Å². The third-order valence-corrected chi connectivity index (χ3v) is 3.79. The number of anilines is 1. The molecule has 26 heavy (non-hydrogen) atoms. The van der Waals surface area contributed by atoms with Gasteiger partial charge in [-0.2, -0.15) is 0 Å². The van der Waals surface area contributed by atoms with Crippen molar-refractivity contribution in [3.8, 4) is 0 Å². The highest BCUT2D eigenvalue weighted by Crippen LogP contribution is 2.15. The molecule has 2 rings (SSSR count). The first-order chi connectivity index (χ1) is 12.5. The normalized spacial score (nSPS) is 10.1. The number of amides is 2. The summed E-state index contributed by atoms with van der Waals surface area (Å²) in [5.41, 5.74) is 1.21. The SMILES string of the molecule is O=C(NC(=S)Nc1ccccc1C(=O)NCCCO)c1cccc(Cl)c1. The summed E-state index contributed by atoms with van der Waals surface area (Å²) in [4.78, 5) is 24.4. The summed E-state index contributed by atoms with van der Waals surface area (Å²) in [5, 5.41) is 17.4. The maximum Gasteiger partial charge on any atom is 0.257 e. The van der Waals surface area contributed by atoms with Gasteiger partial charge in [0.1, 0.15) is 0 Å². The highest BCUT2D eigenvalue weighted by molar-refractivity contribution is 7.80. The standard InChI is InChI=1S/C18H18ClN3O3S/c19-13-6-3-5-12(11-13)16(24)22-18(26)21-15-8-2-1-7-14(15)17(25)20-9-4-10-23/h1-3,5-8,11,23H,4,9-10H2,(H,20,25)(H2,21,22,24,26). The zero-order chi connectivity index (χ0) is 18.9. The van der Waals surface area contributed by atoms with Crippen LogP contribution >= 0.6 is 23.8 Å². The fourth-order valence-electron chi connectivity index (χ4n) is 2.12. The zero-order valence-electron chi connectivity index (χ0n) is 13.8. The molecular weight excluding hydrogens is 374 g/mol. The molecule has 136 valence electrons. The number of aliphatic hydroxyl groups excluding tert-OH is 1. The second-order valence-corrected chi connectivity index (χ2v) is 6.14. The molecule has 4 N–H and O–H groups in total. The quantitative estimate of drug-likeness (QED) is 0.449. The molecule has 0 spiro atoms. The fraction of sp³-hybridized carbons (Fsp3) is 0.167. The highest BCUT2D eigenvalue weighted by Gasteiger charge is 2.13. The number of thiocarbonyl (C=S) groups is 1. The monoisotopic (exact) mass is 391 g/mol. The third-order valence-electron chi connectivity index (χ3n) is 3.35. The van der Waals surface area contributed by atoms with E-state index in [0.29, 0.717) is 34.8 Å². The van der Waals surface area contributed by atoms with Crippen molar-refractivity contribution in [3.63, 3.8) is 0 Å². The molecule has 0 aliphatic rings. The lowest BCUT2D eigenvalue weighted by atomic mass is 10.1. The minimum Gasteiger partial charge on any atom is -0.396 e. The molecule has 0 aliphatic heterocycles. The van der Waals surface area contributed by atoms with Crippen LogP contribution in [0.4, 0.5) is 5.69 Å². The van der Waals surface area contributed by atoms with Gasteiger partial charge in [0.05, 0.1) is 11.3 Å². The number of hydrogen-bond acceptors (Lipinski definition) is 4. The number of carbonyl (C=O) groups is 2. The smallest absolute Gasteiger partial charge is 0.257 e. The summed E-state index contributed by atoms with van der Waals surface area (Å²) in [5.74, 6) is -0.708. The fourth-order valence-corrected chi connectivity index (χ4v) is 2.52. The van der Waals surface area contributed by atoms with Gasteiger partial charge in [0, 0.05) is 23.7 Å². The lowest BCUT2D eigenvalue weighted by molar-refractivity contribution is 0.0950. The van der Waals surface area contributed by atoms with Crippen molar-refractivity contribution >= 4 is 46.4 Å². The third kappa shape index (κ3) is 5.80. The second-order valence-electron chi connectivity index (χ2n) is 5.30. The number of rotatable bonds is 6. The number of para-hydroxylation sites is 1. The molecule has 2 aromatic carbocycles. The Morgan fingerprint density at radius 1 is 1.08 bits per heavy atom. The average Bonchev–Trinajstić information content (AvgIpc) is 2.62. The number of halogens is 1. The van der Waals surface area contributed by atoms with Crippen LogP contribution in [0.5, 0.6) is 0 Å². The van der Waals surface area contributed by atoms with Crippen molar-refractivity contribution in [2.24, 2.45) is 0 Å². The van der Waals surface area contributed by atoms with Gasteiger partial charge in [-0.25, -0.2) is 0 Å². The van der Waals surface area contributed by atoms with Crippen LogP contribution in [0.2, 0.25) is 5.02 Å². The maximum absolute atomic E-state index is 12.2. The highest BCUT2D eigenvalue weighted by atomic mass is 35.5. The molecule has 6 nitrogen and oxygen atoms in total. The topological polar surface area (TPSA) is 90.5 Å². The van der Waals surface area contributed by atoms with Crippen molar-refractivity contribution in [2.45, 2.75) is 6.42 Å². The summed E-state index contributed by atoms with van der Waals surface area (Å²) >= 11 is 11.0. The predicted molar refractivity (Wildman–Crippen MR) is 106 cm³/mol. The van der Waals surface area contributed by atoms with Gasteiger partial charge in [-0.3, -0.25) is 14.9 Å². The van der Waals surface area contributed by atoms with E-state index in [-0.39, 0.29) is 17.6 Å². The summed E-state index contributed by atoms with van der Waals surface area (Å²) in [6.07, 6.45) is 0.468. The van der Waals surface area contributed by atoms with Gasteiger partial charge >= 0.3 is 0 Å². The van der Waals surface area contributed by atoms with Crippen LogP contribution in [0, 0.1) is 0 Å². The van der Waals surface area contributed by atoms with Crippen LogP contribution in [-0.4, -0.2) is 35.2 Å². The van der Waals surface area contributed by atoms with Gasteiger partial charge in [0.2, 0.25) is 0 Å². The van der Waals surface area contributed by atoms with Gasteiger partial charge in [-0.05, 0) is 49.0 Å². The van der Waals surface area contributed by atoms with Gasteiger partial charge in [-0.1, -0.05) is 29.8 Å². The van der Waals surface area contributed by atoms with Crippen LogP contribution in [-0.2, 0) is 0 Å². The molecule has 2 amide bonds. The number of aliphatic hydroxyl groups is 1. The number of nitrogens with one attached hydrogen (secondary N) is 3. The van der Waals surface area contributed by atoms with Gasteiger partial charge in [0.15, 0.2) is 5.11 Å². The molecule has 0 aliphatic carbocycles. The van der Waals surface area contributed by atoms with Crippen LogP contribution in [0.1, 0.15) is 27.1 Å². The lowest BCUT2D eigenvalue weighted by Gasteiger charge is -2.13. The minimum absolute atomic E-state index is 0.000202. The molecule has 0 bridgehead atoms. The molecular formula is C18H18ClN3O3S. The van der Waals surface area contributed by atoms with Crippen molar-refractivity contribution in [3.05, 3.63) is 64.7 Å². The van der Waals surface area contributed by atoms with Crippen LogP contribution < -0.4 is 16.0 Å². The summed E-state index contributed by atoms with van der Waals surface area (Å²) < 4.78 is 0. The Morgan fingerprint density at radius 3 is 2.58 bits per heavy atom. The van der Waals surface area contributed by atoms with Crippen LogP contribution in [0.3, 0.4) is 0 Å². The van der Waals surface area contributed by atoms with Crippen LogP contribution in [0.15, 0.2) is 48.5 Å². The van der Waals surface area contributed by atoms with Crippen molar-refractivity contribution in [1.82, 2.24) is 10.6 Å². The Bertz CT molecular complexity index is 814. The minimum atomic E-state index is -0.408. The zero-order valence-corrected chi connectivity index (χ0v) is 15.4. The Labute approximate surface area is 161 Å². The molecule has 0 fully saturated rings. The van der Waals surface area contributed by atoms with Crippen molar-refractivity contribution in [1.29, 1.82) is 0 Å². The number of hydrogen-bond donors (Lipinski definition) is 4. The molecule has 0 unspecified atom stereocenters. The van der Waals surface area contributed by atoms with E-state index in [4.69, 9.17) is 28.9 Å². The van der Waals surface area contributed by atoms with Gasteiger partial charge < -0.3 is 15.7 Å². The summed E-state index contributed by atoms with van der Waals surface area (Å²) in [7, 11) is 0. The van der Waals surface area contributed by atoms with E-state index < -0.39 is 5.91 Å². The first-order valence-corrected chi connectivity index (χ1v) is 8.66. The van der Waals surface area contributed by atoms with E-state index in [1.807, 2.05) is 0 Å². The maximum atomic E-state index is 12.2. The second kappa shape index (κ2) is 9.86. The summed E-state index contributed by atoms with van der Waals surface area (Å²) in [6.45, 7) is 0.361. The molecule has 0 aromatic heterocycles. The largest absolute Gasteiger partial charge is 0.396 e. The van der Waals surface area contributed by atoms with Crippen molar-refractivity contribution in [2.75, 3.05) is 18.5 Å². The first-order valence-electron chi connectivity index (χ1n) is 7.87. The molecule has 8 heteroatoms. The van der Waals surface area contributed by atoms with E-state index in [1.165, 1.54) is 6.07 Å². The van der Waals surface area contributed by atoms with Gasteiger partial charge in [-0.15, -0.1) is 0 Å². The van der Waals surface area contributed by atoms with E-state index >= 15 is 0 Å². The van der Waals surface area contributed by atoms with E-state index in [9.17, 15) is 9.59 Å². The first kappa shape index (κ1) is 19.8. The molecule has 0 saturated heterocycles. The summed E-state index contributed by atoms with van der Waals surface area (Å²) in [6, 6.07) is 13.3. The number of benzene rings is 2. The predicted octanol–water partition coefficient (Wildman–Crippen LogP) is 2.58. The van der Waals surface area contributed by atoms with Crippen LogP contribution in [0.25, 0.3) is 0 Å². The van der Waals surface area contributed by atoms with E-state index in [0.717, 1.165) is 0 Å². The lowest BCUT2D eigenvalue weighted by Crippen LogP contribution is -2.35. The van der Waals surface area contributed by atoms with Crippen molar-refractivity contribution < 1.29 is 14.7 Å². The number of carbonyl (C=O) groups excluding carboxylic acids is 2. The molecule has 0 atom stereocenters. The van der Waals surface area contributed by atoms with Gasteiger partial charge in [0.25, 0.3) is 11.8 Å². The van der Waals surface area contributed by atoms with E-state index in [2.05, 4.69) is 16.0 Å². The molecule has 0 heterocycles. The molecule has 2 aromatic rings. The Hall–Kier alpha value is -2.48. The molecule has 0 saturated carbocycles. The Balaban J connectivity index is 2.02.